The van der Waals surface area contributed by atoms with Gasteiger partial charge in [-0.1, -0.05) is 0 Å². The van der Waals surface area contributed by atoms with Gasteiger partial charge >= 0.3 is 0 Å². The Balaban J connectivity index is 1.81. The number of rotatable bonds is 6. The Morgan fingerprint density at radius 2 is 1.78 bits per heavy atom. The van der Waals surface area contributed by atoms with Gasteiger partial charge in [0.05, 0.1) is 10.5 Å². The van der Waals surface area contributed by atoms with Crippen LogP contribution in [0.2, 0.25) is 0 Å². The number of carbonyl (C=O) groups excluding carboxylic acids is 2. The molecule has 1 fully saturated rings. The Kier molecular flexibility index (Phi) is 5.11. The fourth-order valence-electron chi connectivity index (χ4n) is 2.77. The molecule has 1 heterocycles. The summed E-state index contributed by atoms with van der Waals surface area (Å²) in [4.78, 5) is 25.2. The maximum absolute atomic E-state index is 12.5. The maximum atomic E-state index is 12.5. The van der Waals surface area contributed by atoms with Crippen LogP contribution >= 0.6 is 11.3 Å². The number of thiophene rings is 1. The van der Waals surface area contributed by atoms with Crippen molar-refractivity contribution in [2.75, 3.05) is 12.4 Å². The second-order valence-electron chi connectivity index (χ2n) is 6.58. The molecule has 1 aromatic carbocycles. The number of aryl methyl sites for hydroxylation is 1. The third kappa shape index (κ3) is 3.76. The zero-order valence-electron chi connectivity index (χ0n) is 15.3. The van der Waals surface area contributed by atoms with Crippen LogP contribution in [0.25, 0.3) is 0 Å². The largest absolute Gasteiger partial charge is 0.365 e. The van der Waals surface area contributed by atoms with Crippen LogP contribution in [0.1, 0.15) is 44.0 Å². The molecule has 9 heteroatoms. The van der Waals surface area contributed by atoms with Gasteiger partial charge in [0, 0.05) is 23.5 Å². The first kappa shape index (κ1) is 19.5. The first-order valence-electron chi connectivity index (χ1n) is 8.42. The molecule has 0 aliphatic heterocycles. The third-order valence-corrected chi connectivity index (χ3v) is 7.76. The van der Waals surface area contributed by atoms with Gasteiger partial charge in [-0.3, -0.25) is 9.59 Å². The molecule has 0 radical (unpaired) electrons. The number of carbonyl (C=O) groups is 2. The Morgan fingerprint density at radius 3 is 2.30 bits per heavy atom. The lowest BCUT2D eigenvalue weighted by molar-refractivity contribution is 0.100. The van der Waals surface area contributed by atoms with Crippen LogP contribution in [0, 0.1) is 13.8 Å². The first-order valence-corrected chi connectivity index (χ1v) is 10.7. The molecule has 7 nitrogen and oxygen atoms in total. The van der Waals surface area contributed by atoms with Gasteiger partial charge in [0.25, 0.3) is 11.8 Å². The SMILES string of the molecule is Cc1sc(NC(=O)c2ccc(S(=O)(=O)N(C)C3CC3)cc2)c(C(N)=O)c1C. The van der Waals surface area contributed by atoms with Gasteiger partial charge in [-0.15, -0.1) is 11.3 Å². The number of nitrogens with two attached hydrogens (primary N) is 1. The van der Waals surface area contributed by atoms with Gasteiger partial charge in [-0.2, -0.15) is 4.31 Å². The van der Waals surface area contributed by atoms with E-state index in [1.54, 1.807) is 14.0 Å². The van der Waals surface area contributed by atoms with E-state index >= 15 is 0 Å². The molecule has 27 heavy (non-hydrogen) atoms. The van der Waals surface area contributed by atoms with E-state index in [-0.39, 0.29) is 10.9 Å². The molecule has 0 saturated heterocycles. The summed E-state index contributed by atoms with van der Waals surface area (Å²) in [7, 11) is -1.98. The number of nitrogens with one attached hydrogen (secondary N) is 1. The fourth-order valence-corrected chi connectivity index (χ4v) is 5.24. The van der Waals surface area contributed by atoms with Crippen molar-refractivity contribution in [1.29, 1.82) is 0 Å². The van der Waals surface area contributed by atoms with Crippen LogP contribution in [0.4, 0.5) is 5.00 Å². The van der Waals surface area contributed by atoms with Gasteiger partial charge in [0.2, 0.25) is 10.0 Å². The highest BCUT2D eigenvalue weighted by atomic mass is 32.2. The number of hydrogen-bond donors (Lipinski definition) is 2. The highest BCUT2D eigenvalue weighted by molar-refractivity contribution is 7.89. The zero-order chi connectivity index (χ0) is 19.9. The van der Waals surface area contributed by atoms with E-state index in [2.05, 4.69) is 5.32 Å². The van der Waals surface area contributed by atoms with Gasteiger partial charge in [0.1, 0.15) is 5.00 Å². The number of amides is 2. The monoisotopic (exact) mass is 407 g/mol. The normalized spacial score (nSPS) is 14.4. The van der Waals surface area contributed by atoms with Crippen LogP contribution < -0.4 is 11.1 Å². The minimum absolute atomic E-state index is 0.0653. The number of sulfonamides is 1. The summed E-state index contributed by atoms with van der Waals surface area (Å²) in [5.74, 6) is -1.03. The van der Waals surface area contributed by atoms with Crippen LogP contribution in [0.15, 0.2) is 29.2 Å². The predicted molar refractivity (Wildman–Crippen MR) is 105 cm³/mol. The Morgan fingerprint density at radius 1 is 1.19 bits per heavy atom. The lowest BCUT2D eigenvalue weighted by atomic mass is 10.1. The van der Waals surface area contributed by atoms with E-state index in [4.69, 9.17) is 5.73 Å². The van der Waals surface area contributed by atoms with Crippen molar-refractivity contribution in [3.8, 4) is 0 Å². The standard InChI is InChI=1S/C18H21N3O4S2/c1-10-11(2)26-18(15(10)16(19)22)20-17(23)12-4-8-14(9-5-12)27(24,25)21(3)13-6-7-13/h4-5,8-9,13H,6-7H2,1-3H3,(H2,19,22)(H,20,23). The molecule has 1 aromatic heterocycles. The van der Waals surface area contributed by atoms with Gasteiger partial charge in [-0.05, 0) is 56.5 Å². The molecule has 1 aliphatic rings. The summed E-state index contributed by atoms with van der Waals surface area (Å²) >= 11 is 1.28. The molecule has 3 rings (SSSR count). The average Bonchev–Trinajstić information content (AvgIpc) is 3.41. The molecule has 1 aliphatic carbocycles. The molecule has 0 unspecified atom stereocenters. The molecule has 0 atom stereocenters. The smallest absolute Gasteiger partial charge is 0.256 e. The molecule has 0 bridgehead atoms. The molecule has 144 valence electrons. The molecule has 2 amide bonds. The fraction of sp³-hybridized carbons (Fsp3) is 0.333. The molecule has 2 aromatic rings. The number of anilines is 1. The van der Waals surface area contributed by atoms with Crippen molar-refractivity contribution in [1.82, 2.24) is 4.31 Å². The molecule has 1 saturated carbocycles. The highest BCUT2D eigenvalue weighted by Gasteiger charge is 2.35. The number of primary amides is 1. The summed E-state index contributed by atoms with van der Waals surface area (Å²) in [6, 6.07) is 5.82. The quantitative estimate of drug-likeness (QED) is 0.766. The van der Waals surface area contributed by atoms with E-state index in [1.807, 2.05) is 6.92 Å². The minimum atomic E-state index is -3.55. The van der Waals surface area contributed by atoms with Crippen LogP contribution in [0.3, 0.4) is 0 Å². The average molecular weight is 408 g/mol. The van der Waals surface area contributed by atoms with Crippen molar-refractivity contribution in [2.45, 2.75) is 37.6 Å². The van der Waals surface area contributed by atoms with E-state index in [0.29, 0.717) is 16.1 Å². The zero-order valence-corrected chi connectivity index (χ0v) is 16.9. The van der Waals surface area contributed by atoms with E-state index in [9.17, 15) is 18.0 Å². The van der Waals surface area contributed by atoms with Crippen molar-refractivity contribution in [3.63, 3.8) is 0 Å². The minimum Gasteiger partial charge on any atom is -0.365 e. The second-order valence-corrected chi connectivity index (χ2v) is 9.80. The summed E-state index contributed by atoms with van der Waals surface area (Å²) < 4.78 is 26.4. The number of benzene rings is 1. The molecule has 0 spiro atoms. The van der Waals surface area contributed by atoms with Gasteiger partial charge < -0.3 is 11.1 Å². The van der Waals surface area contributed by atoms with Crippen molar-refractivity contribution in [3.05, 3.63) is 45.8 Å². The Bertz CT molecular complexity index is 1010. The van der Waals surface area contributed by atoms with Crippen LogP contribution in [0.5, 0.6) is 0 Å². The Labute approximate surface area is 162 Å². The molecule has 3 N–H and O–H groups in total. The lowest BCUT2D eigenvalue weighted by Crippen LogP contribution is -2.29. The number of nitrogens with zero attached hydrogens (tertiary/aromatic N) is 1. The van der Waals surface area contributed by atoms with E-state index < -0.39 is 21.8 Å². The van der Waals surface area contributed by atoms with Crippen molar-refractivity contribution in [2.24, 2.45) is 5.73 Å². The Hall–Kier alpha value is -2.23. The summed E-state index contributed by atoms with van der Waals surface area (Å²) in [6.07, 6.45) is 1.75. The van der Waals surface area contributed by atoms with Gasteiger partial charge in [0.15, 0.2) is 0 Å². The topological polar surface area (TPSA) is 110 Å². The summed E-state index contributed by atoms with van der Waals surface area (Å²) in [6.45, 7) is 3.62. The molecular formula is C18H21N3O4S2. The van der Waals surface area contributed by atoms with Crippen LogP contribution in [-0.2, 0) is 10.0 Å². The molecular weight excluding hydrogens is 386 g/mol. The second kappa shape index (κ2) is 7.06. The van der Waals surface area contributed by atoms with E-state index in [0.717, 1.165) is 23.3 Å². The van der Waals surface area contributed by atoms with Crippen molar-refractivity contribution < 1.29 is 18.0 Å². The maximum Gasteiger partial charge on any atom is 0.256 e. The number of hydrogen-bond acceptors (Lipinski definition) is 5. The lowest BCUT2D eigenvalue weighted by Gasteiger charge is -2.16. The van der Waals surface area contributed by atoms with Crippen LogP contribution in [-0.4, -0.2) is 37.6 Å². The third-order valence-electron chi connectivity index (χ3n) is 4.71. The summed E-state index contributed by atoms with van der Waals surface area (Å²) in [5, 5.41) is 3.09. The predicted octanol–water partition coefficient (Wildman–Crippen LogP) is 2.50. The first-order chi connectivity index (χ1) is 12.6. The van der Waals surface area contributed by atoms with E-state index in [1.165, 1.54) is 39.9 Å². The highest BCUT2D eigenvalue weighted by Crippen LogP contribution is 2.33. The van der Waals surface area contributed by atoms with Crippen molar-refractivity contribution >= 4 is 38.2 Å². The van der Waals surface area contributed by atoms with Gasteiger partial charge in [-0.25, -0.2) is 8.42 Å². The summed E-state index contributed by atoms with van der Waals surface area (Å²) in [5.41, 5.74) is 6.75.